The average Bonchev–Trinajstić information content (AvgIpc) is 3.19. The monoisotopic (exact) mass is 380 g/mol. The summed E-state index contributed by atoms with van der Waals surface area (Å²) in [4.78, 5) is 49.3. The van der Waals surface area contributed by atoms with Gasteiger partial charge in [0.2, 0.25) is 5.78 Å². The minimum absolute atomic E-state index is 0.0194. The first-order valence-corrected chi connectivity index (χ1v) is 8.25. The molecule has 0 saturated carbocycles. The SMILES string of the molecule is COC(=O)c1c(C)[nH]c(C(=O)[C@H](C)OC(=O)c2ccc([N+](=O)[O-])s2)c1C. The van der Waals surface area contributed by atoms with Gasteiger partial charge in [0, 0.05) is 11.8 Å². The predicted octanol–water partition coefficient (Wildman–Crippen LogP) is 2.82. The van der Waals surface area contributed by atoms with Gasteiger partial charge < -0.3 is 14.5 Å². The van der Waals surface area contributed by atoms with Gasteiger partial charge in [0.15, 0.2) is 6.10 Å². The summed E-state index contributed by atoms with van der Waals surface area (Å²) in [6.07, 6.45) is -1.15. The van der Waals surface area contributed by atoms with Crippen molar-refractivity contribution in [3.8, 4) is 0 Å². The van der Waals surface area contributed by atoms with E-state index >= 15 is 0 Å². The zero-order valence-corrected chi connectivity index (χ0v) is 15.3. The number of aryl methyl sites for hydroxylation is 1. The van der Waals surface area contributed by atoms with E-state index in [9.17, 15) is 24.5 Å². The molecule has 0 amide bonds. The lowest BCUT2D eigenvalue weighted by molar-refractivity contribution is -0.380. The number of aromatic nitrogens is 1. The van der Waals surface area contributed by atoms with Crippen LogP contribution in [0.25, 0.3) is 0 Å². The molecule has 2 aromatic rings. The number of nitrogens with one attached hydrogen (secondary N) is 1. The van der Waals surface area contributed by atoms with Gasteiger partial charge in [0.25, 0.3) is 0 Å². The third-order valence-electron chi connectivity index (χ3n) is 3.70. The zero-order valence-electron chi connectivity index (χ0n) is 14.4. The van der Waals surface area contributed by atoms with Crippen LogP contribution in [0.1, 0.15) is 48.7 Å². The van der Waals surface area contributed by atoms with Crippen molar-refractivity contribution in [1.29, 1.82) is 0 Å². The molecule has 0 saturated heterocycles. The number of rotatable bonds is 6. The molecule has 26 heavy (non-hydrogen) atoms. The average molecular weight is 380 g/mol. The molecule has 0 aliphatic carbocycles. The van der Waals surface area contributed by atoms with Crippen LogP contribution in [0.15, 0.2) is 12.1 Å². The largest absolute Gasteiger partial charge is 0.465 e. The number of aromatic amines is 1. The molecule has 2 rings (SSSR count). The molecule has 0 spiro atoms. The van der Waals surface area contributed by atoms with Crippen LogP contribution in [-0.2, 0) is 9.47 Å². The topological polar surface area (TPSA) is 129 Å². The normalized spacial score (nSPS) is 11.7. The molecule has 0 aromatic carbocycles. The highest BCUT2D eigenvalue weighted by atomic mass is 32.1. The summed E-state index contributed by atoms with van der Waals surface area (Å²) in [6.45, 7) is 4.59. The Balaban J connectivity index is 2.18. The Morgan fingerprint density at radius 2 is 1.88 bits per heavy atom. The smallest absolute Gasteiger partial charge is 0.349 e. The Morgan fingerprint density at radius 1 is 1.23 bits per heavy atom. The summed E-state index contributed by atoms with van der Waals surface area (Å²) in [5, 5.41) is 10.5. The maximum Gasteiger partial charge on any atom is 0.349 e. The summed E-state index contributed by atoms with van der Waals surface area (Å²) in [5.41, 5.74) is 1.25. The number of nitro groups is 1. The molecule has 1 atom stereocenters. The second-order valence-corrected chi connectivity index (χ2v) is 6.49. The molecule has 2 heterocycles. The minimum atomic E-state index is -1.15. The fourth-order valence-electron chi connectivity index (χ4n) is 2.42. The lowest BCUT2D eigenvalue weighted by atomic mass is 10.1. The molecule has 138 valence electrons. The van der Waals surface area contributed by atoms with Crippen molar-refractivity contribution >= 4 is 34.1 Å². The van der Waals surface area contributed by atoms with Gasteiger partial charge in [-0.25, -0.2) is 9.59 Å². The summed E-state index contributed by atoms with van der Waals surface area (Å²) < 4.78 is 9.79. The molecular formula is C16H16N2O7S. The first-order valence-electron chi connectivity index (χ1n) is 7.44. The van der Waals surface area contributed by atoms with Gasteiger partial charge in [0.05, 0.1) is 23.3 Å². The Labute approximate surface area is 152 Å². The highest BCUT2D eigenvalue weighted by molar-refractivity contribution is 7.17. The summed E-state index contributed by atoms with van der Waals surface area (Å²) in [7, 11) is 1.24. The molecule has 10 heteroatoms. The van der Waals surface area contributed by atoms with E-state index in [1.54, 1.807) is 13.8 Å². The van der Waals surface area contributed by atoms with Crippen molar-refractivity contribution in [2.45, 2.75) is 26.9 Å². The molecule has 0 aliphatic heterocycles. The van der Waals surface area contributed by atoms with Gasteiger partial charge in [-0.15, -0.1) is 0 Å². The Hall–Kier alpha value is -3.01. The number of H-pyrrole nitrogens is 1. The molecule has 0 unspecified atom stereocenters. The van der Waals surface area contributed by atoms with Crippen LogP contribution in [0, 0.1) is 24.0 Å². The van der Waals surface area contributed by atoms with E-state index in [-0.39, 0.29) is 21.1 Å². The number of thiophene rings is 1. The van der Waals surface area contributed by atoms with Crippen molar-refractivity contribution in [1.82, 2.24) is 4.98 Å². The number of methoxy groups -OCH3 is 1. The lowest BCUT2D eigenvalue weighted by Crippen LogP contribution is -2.25. The number of carbonyl (C=O) groups excluding carboxylic acids is 3. The number of Topliss-reactive ketones (excluding diaryl/α,β-unsaturated/α-hetero) is 1. The molecule has 0 radical (unpaired) electrons. The quantitative estimate of drug-likeness (QED) is 0.353. The Bertz CT molecular complexity index is 897. The molecule has 0 aliphatic rings. The lowest BCUT2D eigenvalue weighted by Gasteiger charge is -2.11. The number of hydrogen-bond donors (Lipinski definition) is 1. The Morgan fingerprint density at radius 3 is 2.42 bits per heavy atom. The second-order valence-electron chi connectivity index (χ2n) is 5.42. The molecule has 2 aromatic heterocycles. The van der Waals surface area contributed by atoms with Crippen molar-refractivity contribution in [2.24, 2.45) is 0 Å². The van der Waals surface area contributed by atoms with Crippen LogP contribution in [0.4, 0.5) is 5.00 Å². The van der Waals surface area contributed by atoms with Crippen molar-refractivity contribution in [2.75, 3.05) is 7.11 Å². The van der Waals surface area contributed by atoms with Gasteiger partial charge in [-0.1, -0.05) is 11.3 Å². The highest BCUT2D eigenvalue weighted by Gasteiger charge is 2.28. The van der Waals surface area contributed by atoms with Gasteiger partial charge in [-0.3, -0.25) is 14.9 Å². The fraction of sp³-hybridized carbons (Fsp3) is 0.312. The van der Waals surface area contributed by atoms with Crippen molar-refractivity contribution in [3.05, 3.63) is 49.6 Å². The van der Waals surface area contributed by atoms with E-state index in [4.69, 9.17) is 4.74 Å². The standard InChI is InChI=1S/C16H16N2O7S/c1-7-12(16(21)24-4)8(2)17-13(7)14(19)9(3)25-15(20)10-5-6-11(26-10)18(22)23/h5-6,9,17H,1-4H3/t9-/m0/s1. The first kappa shape index (κ1) is 19.3. The van der Waals surface area contributed by atoms with E-state index in [2.05, 4.69) is 9.72 Å². The molecule has 9 nitrogen and oxygen atoms in total. The third kappa shape index (κ3) is 3.64. The van der Waals surface area contributed by atoms with Crippen LogP contribution < -0.4 is 0 Å². The summed E-state index contributed by atoms with van der Waals surface area (Å²) >= 11 is 0.661. The number of ether oxygens (including phenoxy) is 2. The molecule has 1 N–H and O–H groups in total. The molecular weight excluding hydrogens is 364 g/mol. The van der Waals surface area contributed by atoms with Crippen LogP contribution in [0.3, 0.4) is 0 Å². The maximum atomic E-state index is 12.6. The van der Waals surface area contributed by atoms with E-state index in [1.807, 2.05) is 0 Å². The number of ketones is 1. The molecule has 0 fully saturated rings. The van der Waals surface area contributed by atoms with Gasteiger partial charge in [0.1, 0.15) is 4.88 Å². The Kier molecular flexibility index (Phi) is 5.56. The predicted molar refractivity (Wildman–Crippen MR) is 91.8 cm³/mol. The number of hydrogen-bond acceptors (Lipinski definition) is 8. The van der Waals surface area contributed by atoms with Gasteiger partial charge in [-0.2, -0.15) is 0 Å². The fourth-order valence-corrected chi connectivity index (χ4v) is 3.12. The zero-order chi connectivity index (χ0) is 19.6. The summed E-state index contributed by atoms with van der Waals surface area (Å²) in [5.74, 6) is -1.94. The maximum absolute atomic E-state index is 12.6. The third-order valence-corrected chi connectivity index (χ3v) is 4.72. The van der Waals surface area contributed by atoms with Crippen LogP contribution in [-0.4, -0.2) is 40.8 Å². The molecule has 0 bridgehead atoms. The van der Waals surface area contributed by atoms with E-state index in [1.165, 1.54) is 26.2 Å². The number of carbonyl (C=O) groups is 3. The highest BCUT2D eigenvalue weighted by Crippen LogP contribution is 2.25. The van der Waals surface area contributed by atoms with Crippen LogP contribution in [0.2, 0.25) is 0 Å². The van der Waals surface area contributed by atoms with Crippen molar-refractivity contribution in [3.63, 3.8) is 0 Å². The minimum Gasteiger partial charge on any atom is -0.465 e. The second kappa shape index (κ2) is 7.48. The van der Waals surface area contributed by atoms with Crippen LogP contribution >= 0.6 is 11.3 Å². The first-order chi connectivity index (χ1) is 12.2. The summed E-state index contributed by atoms with van der Waals surface area (Å²) in [6, 6.07) is 2.45. The van der Waals surface area contributed by atoms with E-state index < -0.39 is 28.7 Å². The van der Waals surface area contributed by atoms with Crippen molar-refractivity contribution < 1.29 is 28.8 Å². The van der Waals surface area contributed by atoms with Gasteiger partial charge >= 0.3 is 16.9 Å². The van der Waals surface area contributed by atoms with Gasteiger partial charge in [-0.05, 0) is 32.4 Å². The number of esters is 2. The van der Waals surface area contributed by atoms with Crippen LogP contribution in [0.5, 0.6) is 0 Å². The number of nitrogens with zero attached hydrogens (tertiary/aromatic N) is 1. The van der Waals surface area contributed by atoms with E-state index in [0.29, 0.717) is 22.6 Å². The van der Waals surface area contributed by atoms with E-state index in [0.717, 1.165) is 0 Å².